The molecule has 1 aromatic heterocycles. The molecular weight excluding hydrogens is 383 g/mol. The lowest BCUT2D eigenvalue weighted by Crippen LogP contribution is -1.95. The number of carbonyl (C=O) groups is 1. The van der Waals surface area contributed by atoms with Crippen molar-refractivity contribution in [1.82, 2.24) is 0 Å². The van der Waals surface area contributed by atoms with Crippen molar-refractivity contribution in [1.29, 1.82) is 0 Å². The number of carboxylic acids is 1. The fourth-order valence-corrected chi connectivity index (χ4v) is 4.53. The van der Waals surface area contributed by atoms with Crippen LogP contribution in [0.5, 0.6) is 0 Å². The van der Waals surface area contributed by atoms with Gasteiger partial charge in [-0.05, 0) is 52.4 Å². The second-order valence-electron chi connectivity index (χ2n) is 6.25. The second kappa shape index (κ2) is 7.14. The highest BCUT2D eigenvalue weighted by Crippen LogP contribution is 2.36. The van der Waals surface area contributed by atoms with Gasteiger partial charge in [0.05, 0.1) is 10.6 Å². The van der Waals surface area contributed by atoms with Gasteiger partial charge in [-0.3, -0.25) is 0 Å². The third-order valence-corrected chi connectivity index (χ3v) is 5.85. The van der Waals surface area contributed by atoms with Crippen molar-refractivity contribution >= 4 is 39.0 Å². The summed E-state index contributed by atoms with van der Waals surface area (Å²) in [4.78, 5) is 12.4. The van der Waals surface area contributed by atoms with E-state index in [0.717, 1.165) is 31.7 Å². The van der Waals surface area contributed by atoms with Crippen LogP contribution in [0.1, 0.15) is 20.8 Å². The van der Waals surface area contributed by atoms with Crippen LogP contribution in [-0.4, -0.2) is 11.1 Å². The molecule has 5 heteroatoms. The van der Waals surface area contributed by atoms with E-state index in [0.29, 0.717) is 6.42 Å². The fourth-order valence-electron chi connectivity index (χ4n) is 3.10. The third kappa shape index (κ3) is 3.59. The highest BCUT2D eigenvalue weighted by atomic mass is 35.5. The molecule has 0 amide bonds. The fraction of sp³-hybridized carbons (Fsp3) is 0.0455. The van der Waals surface area contributed by atoms with E-state index in [2.05, 4.69) is 6.07 Å². The molecule has 2 nitrogen and oxygen atoms in total. The first kappa shape index (κ1) is 17.7. The number of carboxylic acid groups (broad SMARTS) is 1. The van der Waals surface area contributed by atoms with Gasteiger partial charge >= 0.3 is 5.97 Å². The maximum Gasteiger partial charge on any atom is 0.335 e. The molecule has 0 atom stereocenters. The van der Waals surface area contributed by atoms with E-state index in [1.807, 2.05) is 24.3 Å². The molecule has 3 aromatic carbocycles. The monoisotopic (exact) mass is 396 g/mol. The van der Waals surface area contributed by atoms with Gasteiger partial charge in [-0.15, -0.1) is 11.3 Å². The van der Waals surface area contributed by atoms with Crippen LogP contribution in [0.2, 0.25) is 5.02 Å². The summed E-state index contributed by atoms with van der Waals surface area (Å²) in [5.74, 6) is -1.36. The number of fused-ring (bicyclic) bond motifs is 1. The number of hydrogen-bond acceptors (Lipinski definition) is 2. The minimum atomic E-state index is -0.941. The maximum atomic E-state index is 13.4. The lowest BCUT2D eigenvalue weighted by Gasteiger charge is -2.04. The summed E-state index contributed by atoms with van der Waals surface area (Å²) in [6, 6.07) is 19.8. The molecule has 1 heterocycles. The molecule has 4 aromatic rings. The lowest BCUT2D eigenvalue weighted by atomic mass is 10.0. The standard InChI is InChI=1S/C22H14ClFO2S/c23-19-10-13(7-8-20(19)24)9-17-12-15-4-2-6-18(21(15)27-17)14-3-1-5-16(11-14)22(25)26/h1-8,10-12H,9H2,(H,25,26). The number of thiophene rings is 1. The van der Waals surface area contributed by atoms with E-state index >= 15 is 0 Å². The molecule has 4 rings (SSSR count). The van der Waals surface area contributed by atoms with Gasteiger partial charge in [-0.1, -0.05) is 48.0 Å². The predicted molar refractivity (Wildman–Crippen MR) is 108 cm³/mol. The molecular formula is C22H14ClFO2S. The van der Waals surface area contributed by atoms with Crippen molar-refractivity contribution in [3.05, 3.63) is 93.6 Å². The molecule has 0 spiro atoms. The van der Waals surface area contributed by atoms with Crippen molar-refractivity contribution in [2.75, 3.05) is 0 Å². The van der Waals surface area contributed by atoms with Crippen LogP contribution in [0.4, 0.5) is 4.39 Å². The van der Waals surface area contributed by atoms with E-state index < -0.39 is 11.8 Å². The Labute approximate surface area is 164 Å². The summed E-state index contributed by atoms with van der Waals surface area (Å²) in [5, 5.41) is 10.5. The lowest BCUT2D eigenvalue weighted by molar-refractivity contribution is 0.0697. The van der Waals surface area contributed by atoms with Crippen LogP contribution in [0.25, 0.3) is 21.2 Å². The Morgan fingerprint density at radius 1 is 1.04 bits per heavy atom. The molecule has 134 valence electrons. The van der Waals surface area contributed by atoms with Crippen LogP contribution >= 0.6 is 22.9 Å². The number of rotatable bonds is 4. The van der Waals surface area contributed by atoms with E-state index in [1.54, 1.807) is 41.7 Å². The second-order valence-corrected chi connectivity index (χ2v) is 7.79. The Kier molecular flexibility index (Phi) is 4.68. The van der Waals surface area contributed by atoms with E-state index in [4.69, 9.17) is 11.6 Å². The zero-order valence-electron chi connectivity index (χ0n) is 14.1. The highest BCUT2D eigenvalue weighted by molar-refractivity contribution is 7.19. The van der Waals surface area contributed by atoms with E-state index in [9.17, 15) is 14.3 Å². The number of aromatic carboxylic acids is 1. The zero-order chi connectivity index (χ0) is 19.0. The van der Waals surface area contributed by atoms with Crippen LogP contribution < -0.4 is 0 Å². The molecule has 0 aliphatic rings. The van der Waals surface area contributed by atoms with Crippen LogP contribution in [0.15, 0.2) is 66.7 Å². The first-order valence-corrected chi connectivity index (χ1v) is 9.50. The Morgan fingerprint density at radius 2 is 1.85 bits per heavy atom. The van der Waals surface area contributed by atoms with Crippen molar-refractivity contribution in [3.8, 4) is 11.1 Å². The molecule has 0 saturated heterocycles. The average molecular weight is 397 g/mol. The van der Waals surface area contributed by atoms with Gasteiger partial charge in [0.15, 0.2) is 0 Å². The van der Waals surface area contributed by atoms with Crippen LogP contribution in [-0.2, 0) is 6.42 Å². The Balaban J connectivity index is 1.75. The Morgan fingerprint density at radius 3 is 2.63 bits per heavy atom. The largest absolute Gasteiger partial charge is 0.478 e. The summed E-state index contributed by atoms with van der Waals surface area (Å²) in [6.45, 7) is 0. The minimum Gasteiger partial charge on any atom is -0.478 e. The van der Waals surface area contributed by atoms with E-state index in [-0.39, 0.29) is 10.6 Å². The molecule has 0 bridgehead atoms. The Hall–Kier alpha value is -2.69. The summed E-state index contributed by atoms with van der Waals surface area (Å²) in [6.07, 6.45) is 0.661. The Bertz CT molecular complexity index is 1170. The quantitative estimate of drug-likeness (QED) is 0.419. The van der Waals surface area contributed by atoms with Gasteiger partial charge in [0.2, 0.25) is 0 Å². The van der Waals surface area contributed by atoms with Gasteiger partial charge in [0.1, 0.15) is 5.82 Å². The molecule has 27 heavy (non-hydrogen) atoms. The zero-order valence-corrected chi connectivity index (χ0v) is 15.7. The maximum absolute atomic E-state index is 13.4. The molecule has 1 N–H and O–H groups in total. The number of hydrogen-bond donors (Lipinski definition) is 1. The van der Waals surface area contributed by atoms with Crippen molar-refractivity contribution in [2.24, 2.45) is 0 Å². The van der Waals surface area contributed by atoms with Crippen molar-refractivity contribution in [3.63, 3.8) is 0 Å². The SMILES string of the molecule is O=C(O)c1cccc(-c2cccc3cc(Cc4ccc(F)c(Cl)c4)sc23)c1. The van der Waals surface area contributed by atoms with Gasteiger partial charge in [0.25, 0.3) is 0 Å². The molecule has 0 radical (unpaired) electrons. The predicted octanol–water partition coefficient (Wildman–Crippen LogP) is 6.65. The number of benzene rings is 3. The van der Waals surface area contributed by atoms with Crippen LogP contribution in [0, 0.1) is 5.82 Å². The molecule has 0 saturated carbocycles. The van der Waals surface area contributed by atoms with Crippen LogP contribution in [0.3, 0.4) is 0 Å². The topological polar surface area (TPSA) is 37.3 Å². The summed E-state index contributed by atoms with van der Waals surface area (Å²) < 4.78 is 14.5. The van der Waals surface area contributed by atoms with Gasteiger partial charge in [0, 0.05) is 16.0 Å². The normalized spacial score (nSPS) is 11.0. The average Bonchev–Trinajstić information content (AvgIpc) is 3.07. The minimum absolute atomic E-state index is 0.125. The molecule has 0 unspecified atom stereocenters. The third-order valence-electron chi connectivity index (χ3n) is 4.38. The van der Waals surface area contributed by atoms with Gasteiger partial charge in [-0.2, -0.15) is 0 Å². The first-order chi connectivity index (χ1) is 13.0. The summed E-state index contributed by atoms with van der Waals surface area (Å²) >= 11 is 7.54. The highest BCUT2D eigenvalue weighted by Gasteiger charge is 2.11. The van der Waals surface area contributed by atoms with Crippen molar-refractivity contribution in [2.45, 2.75) is 6.42 Å². The molecule has 0 aliphatic carbocycles. The van der Waals surface area contributed by atoms with Gasteiger partial charge < -0.3 is 5.11 Å². The molecule has 0 aliphatic heterocycles. The van der Waals surface area contributed by atoms with Crippen molar-refractivity contribution < 1.29 is 14.3 Å². The van der Waals surface area contributed by atoms with Gasteiger partial charge in [-0.25, -0.2) is 9.18 Å². The first-order valence-electron chi connectivity index (χ1n) is 8.30. The molecule has 0 fully saturated rings. The van der Waals surface area contributed by atoms with E-state index in [1.165, 1.54) is 6.07 Å². The summed E-state index contributed by atoms with van der Waals surface area (Å²) in [7, 11) is 0. The summed E-state index contributed by atoms with van der Waals surface area (Å²) in [5.41, 5.74) is 3.09. The number of halogens is 2. The smallest absolute Gasteiger partial charge is 0.335 e.